The van der Waals surface area contributed by atoms with Crippen LogP contribution in [0.15, 0.2) is 36.4 Å². The highest BCUT2D eigenvalue weighted by atomic mass is 35.5. The molecular weight excluding hydrogens is 328 g/mol. The molecule has 1 aliphatic rings. The maximum absolute atomic E-state index is 12.2. The van der Waals surface area contributed by atoms with E-state index < -0.39 is 0 Å². The lowest BCUT2D eigenvalue weighted by atomic mass is 10.0. The van der Waals surface area contributed by atoms with E-state index in [9.17, 15) is 4.79 Å². The largest absolute Gasteiger partial charge is 0.493 e. The molecule has 0 spiro atoms. The Morgan fingerprint density at radius 1 is 1.25 bits per heavy atom. The molecule has 2 aromatic rings. The van der Waals surface area contributed by atoms with Crippen molar-refractivity contribution >= 4 is 34.8 Å². The number of nitriles is 1. The fraction of sp³-hybridized carbons (Fsp3) is 0.111. The first-order valence-electron chi connectivity index (χ1n) is 7.13. The summed E-state index contributed by atoms with van der Waals surface area (Å²) >= 11 is 6.03. The molecule has 5 nitrogen and oxygen atoms in total. The smallest absolute Gasteiger partial charge is 0.256 e. The molecular formula is C18H13ClN2O3. The van der Waals surface area contributed by atoms with Gasteiger partial charge in [0.2, 0.25) is 0 Å². The highest BCUT2D eigenvalue weighted by Crippen LogP contribution is 2.36. The molecule has 120 valence electrons. The standard InChI is InChI=1S/C18H13ClN2O3/c1-23-17-9-11(2-5-16(17)24-7-6-20)8-14-13-10-12(19)3-4-15(13)21-18(14)22/h2-5,8-10H,7H2,1H3,(H,21,22). The van der Waals surface area contributed by atoms with Gasteiger partial charge in [0, 0.05) is 21.8 Å². The maximum Gasteiger partial charge on any atom is 0.256 e. The van der Waals surface area contributed by atoms with Crippen LogP contribution in [0.4, 0.5) is 5.69 Å². The van der Waals surface area contributed by atoms with Crippen molar-refractivity contribution in [1.82, 2.24) is 0 Å². The predicted octanol–water partition coefficient (Wildman–Crippen LogP) is 3.74. The Kier molecular flexibility index (Phi) is 4.41. The molecule has 1 N–H and O–H groups in total. The first-order valence-corrected chi connectivity index (χ1v) is 7.51. The summed E-state index contributed by atoms with van der Waals surface area (Å²) in [6.45, 7) is -0.0644. The van der Waals surface area contributed by atoms with Crippen molar-refractivity contribution in [3.8, 4) is 17.6 Å². The highest BCUT2D eigenvalue weighted by Gasteiger charge is 2.24. The summed E-state index contributed by atoms with van der Waals surface area (Å²) in [5, 5.41) is 12.0. The van der Waals surface area contributed by atoms with E-state index >= 15 is 0 Å². The van der Waals surface area contributed by atoms with Crippen LogP contribution in [0.3, 0.4) is 0 Å². The minimum atomic E-state index is -0.184. The number of amides is 1. The zero-order valence-corrected chi connectivity index (χ0v) is 13.6. The molecule has 0 fully saturated rings. The fourth-order valence-corrected chi connectivity index (χ4v) is 2.65. The van der Waals surface area contributed by atoms with E-state index in [1.807, 2.05) is 6.07 Å². The number of halogens is 1. The maximum atomic E-state index is 12.2. The van der Waals surface area contributed by atoms with Gasteiger partial charge in [-0.15, -0.1) is 0 Å². The summed E-state index contributed by atoms with van der Waals surface area (Å²) in [7, 11) is 1.52. The van der Waals surface area contributed by atoms with Crippen LogP contribution in [0, 0.1) is 11.3 Å². The van der Waals surface area contributed by atoms with Gasteiger partial charge in [-0.05, 0) is 42.0 Å². The van der Waals surface area contributed by atoms with E-state index in [1.165, 1.54) is 7.11 Å². The van der Waals surface area contributed by atoms with E-state index in [4.69, 9.17) is 26.3 Å². The Bertz CT molecular complexity index is 884. The quantitative estimate of drug-likeness (QED) is 0.860. The normalized spacial score (nSPS) is 14.0. The lowest BCUT2D eigenvalue weighted by Gasteiger charge is -2.09. The topological polar surface area (TPSA) is 71.3 Å². The Balaban J connectivity index is 1.99. The molecule has 0 aromatic heterocycles. The van der Waals surface area contributed by atoms with Crippen LogP contribution in [0.25, 0.3) is 11.6 Å². The van der Waals surface area contributed by atoms with Crippen molar-refractivity contribution in [2.24, 2.45) is 0 Å². The van der Waals surface area contributed by atoms with Crippen LogP contribution < -0.4 is 14.8 Å². The highest BCUT2D eigenvalue weighted by molar-refractivity contribution is 6.36. The van der Waals surface area contributed by atoms with Crippen molar-refractivity contribution in [3.05, 3.63) is 52.5 Å². The number of methoxy groups -OCH3 is 1. The summed E-state index contributed by atoms with van der Waals surface area (Å²) < 4.78 is 10.6. The zero-order valence-electron chi connectivity index (χ0n) is 12.8. The van der Waals surface area contributed by atoms with Gasteiger partial charge in [0.15, 0.2) is 18.1 Å². The second-order valence-corrected chi connectivity index (χ2v) is 5.50. The number of carbonyl (C=O) groups excluding carboxylic acids is 1. The van der Waals surface area contributed by atoms with Gasteiger partial charge in [-0.25, -0.2) is 0 Å². The van der Waals surface area contributed by atoms with Gasteiger partial charge in [0.05, 0.1) is 7.11 Å². The third kappa shape index (κ3) is 3.05. The van der Waals surface area contributed by atoms with E-state index in [1.54, 1.807) is 42.5 Å². The van der Waals surface area contributed by atoms with Crippen molar-refractivity contribution in [2.75, 3.05) is 19.0 Å². The summed E-state index contributed by atoms with van der Waals surface area (Å²) in [5.74, 6) is 0.779. The molecule has 24 heavy (non-hydrogen) atoms. The molecule has 6 heteroatoms. The van der Waals surface area contributed by atoms with Crippen LogP contribution in [0.5, 0.6) is 11.5 Å². The second kappa shape index (κ2) is 6.65. The van der Waals surface area contributed by atoms with Crippen LogP contribution in [0.2, 0.25) is 5.02 Å². The molecule has 0 radical (unpaired) electrons. The number of hydrogen-bond acceptors (Lipinski definition) is 4. The Morgan fingerprint density at radius 2 is 2.08 bits per heavy atom. The molecule has 0 aliphatic carbocycles. The van der Waals surface area contributed by atoms with E-state index in [0.29, 0.717) is 22.1 Å². The molecule has 0 bridgehead atoms. The van der Waals surface area contributed by atoms with Crippen molar-refractivity contribution in [1.29, 1.82) is 5.26 Å². The Hall–Kier alpha value is -2.97. The van der Waals surface area contributed by atoms with Gasteiger partial charge in [-0.1, -0.05) is 17.7 Å². The average Bonchev–Trinajstić information content (AvgIpc) is 2.88. The number of benzene rings is 2. The molecule has 0 saturated heterocycles. The Morgan fingerprint density at radius 3 is 2.83 bits per heavy atom. The third-order valence-electron chi connectivity index (χ3n) is 3.56. The second-order valence-electron chi connectivity index (χ2n) is 5.06. The van der Waals surface area contributed by atoms with Crippen LogP contribution >= 0.6 is 11.6 Å². The molecule has 1 aliphatic heterocycles. The lowest BCUT2D eigenvalue weighted by Crippen LogP contribution is -2.03. The van der Waals surface area contributed by atoms with Crippen molar-refractivity contribution in [3.63, 3.8) is 0 Å². The van der Waals surface area contributed by atoms with Gasteiger partial charge >= 0.3 is 0 Å². The number of nitrogens with one attached hydrogen (secondary N) is 1. The number of ether oxygens (including phenoxy) is 2. The number of hydrogen-bond donors (Lipinski definition) is 1. The van der Waals surface area contributed by atoms with Gasteiger partial charge < -0.3 is 14.8 Å². The van der Waals surface area contributed by atoms with Gasteiger partial charge in [0.1, 0.15) is 6.07 Å². The number of fused-ring (bicyclic) bond motifs is 1. The summed E-state index contributed by atoms with van der Waals surface area (Å²) in [4.78, 5) is 12.2. The summed E-state index contributed by atoms with van der Waals surface area (Å²) in [6, 6.07) is 12.4. The monoisotopic (exact) mass is 340 g/mol. The van der Waals surface area contributed by atoms with E-state index in [0.717, 1.165) is 16.8 Å². The Labute approximate surface area is 144 Å². The van der Waals surface area contributed by atoms with E-state index in [-0.39, 0.29) is 12.5 Å². The molecule has 0 saturated carbocycles. The molecule has 2 aromatic carbocycles. The minimum absolute atomic E-state index is 0.0644. The van der Waals surface area contributed by atoms with Gasteiger partial charge in [0.25, 0.3) is 5.91 Å². The number of nitrogens with zero attached hydrogens (tertiary/aromatic N) is 1. The molecule has 0 atom stereocenters. The van der Waals surface area contributed by atoms with Crippen LogP contribution in [-0.2, 0) is 4.79 Å². The summed E-state index contributed by atoms with van der Waals surface area (Å²) in [6.07, 6.45) is 1.76. The van der Waals surface area contributed by atoms with Crippen LogP contribution in [-0.4, -0.2) is 19.6 Å². The SMILES string of the molecule is COc1cc(C=C2C(=O)Nc3ccc(Cl)cc32)ccc1OCC#N. The van der Waals surface area contributed by atoms with Gasteiger partial charge in [-0.2, -0.15) is 5.26 Å². The zero-order chi connectivity index (χ0) is 17.1. The van der Waals surface area contributed by atoms with Crippen molar-refractivity contribution < 1.29 is 14.3 Å². The molecule has 0 unspecified atom stereocenters. The summed E-state index contributed by atoms with van der Waals surface area (Å²) in [5.41, 5.74) is 2.79. The predicted molar refractivity (Wildman–Crippen MR) is 92.1 cm³/mol. The third-order valence-corrected chi connectivity index (χ3v) is 3.79. The minimum Gasteiger partial charge on any atom is -0.493 e. The number of rotatable bonds is 4. The molecule has 1 amide bonds. The number of anilines is 1. The van der Waals surface area contributed by atoms with E-state index in [2.05, 4.69) is 5.32 Å². The average molecular weight is 341 g/mol. The van der Waals surface area contributed by atoms with Crippen LogP contribution in [0.1, 0.15) is 11.1 Å². The van der Waals surface area contributed by atoms with Crippen molar-refractivity contribution in [2.45, 2.75) is 0 Å². The number of carbonyl (C=O) groups is 1. The molecule has 1 heterocycles. The first-order chi connectivity index (χ1) is 11.6. The lowest BCUT2D eigenvalue weighted by molar-refractivity contribution is -0.110. The fourth-order valence-electron chi connectivity index (χ4n) is 2.47. The van der Waals surface area contributed by atoms with Gasteiger partial charge in [-0.3, -0.25) is 4.79 Å². The first kappa shape index (κ1) is 15.9. The molecule has 3 rings (SSSR count).